The van der Waals surface area contributed by atoms with Gasteiger partial charge in [-0.05, 0) is 83.9 Å². The topological polar surface area (TPSA) is 236 Å². The number of likely N-dealkylation sites (N-methyl/N-ethyl adjacent to an activating group) is 2. The fourth-order valence-corrected chi connectivity index (χ4v) is 11.0. The molecule has 0 fully saturated rings. The first kappa shape index (κ1) is 67.1. The molecule has 8 rings (SSSR count). The third kappa shape index (κ3) is 20.3. The zero-order valence-corrected chi connectivity index (χ0v) is 51.3. The number of ether oxygens (including phenoxy) is 6. The highest BCUT2D eigenvalue weighted by atomic mass is 35.5. The van der Waals surface area contributed by atoms with Gasteiger partial charge < -0.3 is 69.7 Å². The molecule has 0 radical (unpaired) electrons. The number of fused-ring (bicyclic) bond motifs is 2. The van der Waals surface area contributed by atoms with E-state index >= 15 is 0 Å². The van der Waals surface area contributed by atoms with Gasteiger partial charge in [0.1, 0.15) is 24.3 Å². The summed E-state index contributed by atoms with van der Waals surface area (Å²) in [7, 11) is 4.19. The molecule has 4 atom stereocenters. The molecule has 2 amide bonds. The minimum atomic E-state index is -1.97. The fourth-order valence-electron chi connectivity index (χ4n) is 9.89. The van der Waals surface area contributed by atoms with Crippen LogP contribution in [0.2, 0.25) is 20.1 Å². The Morgan fingerprint density at radius 1 is 0.518 bits per heavy atom. The molecule has 20 nitrogen and oxygen atoms in total. The maximum atomic E-state index is 12.4. The van der Waals surface area contributed by atoms with Crippen molar-refractivity contribution in [2.75, 3.05) is 143 Å². The maximum Gasteiger partial charge on any atom is 0.252 e. The maximum absolute atomic E-state index is 12.4. The summed E-state index contributed by atoms with van der Waals surface area (Å²) in [6.07, 6.45) is -0.870. The van der Waals surface area contributed by atoms with Crippen molar-refractivity contribution in [3.63, 3.8) is 0 Å². The summed E-state index contributed by atoms with van der Waals surface area (Å²) in [6, 6.07) is 28.2. The van der Waals surface area contributed by atoms with Gasteiger partial charge in [0.05, 0.1) is 90.7 Å². The molecule has 2 aromatic heterocycles. The zero-order valence-electron chi connectivity index (χ0n) is 47.5. The molecule has 6 N–H and O–H groups in total. The zero-order chi connectivity index (χ0) is 59.2. The Hall–Kier alpha value is -5.37. The molecule has 4 heterocycles. The van der Waals surface area contributed by atoms with Gasteiger partial charge in [0.25, 0.3) is 11.8 Å². The second kappa shape index (κ2) is 34.8. The predicted octanol–water partition coefficient (Wildman–Crippen LogP) is 7.37. The fraction of sp³-hybridized carbons (Fsp3) is 0.433. The van der Waals surface area contributed by atoms with Crippen molar-refractivity contribution in [1.82, 2.24) is 40.4 Å². The number of hydrogen-bond donors (Lipinski definition) is 6. The van der Waals surface area contributed by atoms with Gasteiger partial charge in [-0.15, -0.1) is 12.4 Å². The Morgan fingerprint density at radius 3 is 1.27 bits per heavy atom. The van der Waals surface area contributed by atoms with Gasteiger partial charge in [-0.25, -0.2) is 19.9 Å². The van der Waals surface area contributed by atoms with Crippen LogP contribution in [-0.2, 0) is 51.1 Å². The lowest BCUT2D eigenvalue weighted by atomic mass is 9.84. The van der Waals surface area contributed by atoms with Crippen molar-refractivity contribution in [1.29, 1.82) is 0 Å². The number of aliphatic hydroxyl groups excluding tert-OH is 2. The van der Waals surface area contributed by atoms with Crippen LogP contribution in [0.4, 0.5) is 11.6 Å². The van der Waals surface area contributed by atoms with E-state index in [1.807, 2.05) is 48.5 Å². The van der Waals surface area contributed by atoms with E-state index in [0.29, 0.717) is 97.7 Å². The number of rotatable bonds is 33. The molecular weight excluding hydrogens is 1200 g/mol. The van der Waals surface area contributed by atoms with Gasteiger partial charge in [0, 0.05) is 108 Å². The number of anilines is 2. The molecule has 0 saturated heterocycles. The summed E-state index contributed by atoms with van der Waals surface area (Å²) >= 11 is 26.1. The van der Waals surface area contributed by atoms with Crippen molar-refractivity contribution in [2.24, 2.45) is 0 Å². The summed E-state index contributed by atoms with van der Waals surface area (Å²) in [5.74, 6) is -0.255. The van der Waals surface area contributed by atoms with E-state index < -0.39 is 24.0 Å². The lowest BCUT2D eigenvalue weighted by molar-refractivity contribution is -0.146. The summed E-state index contributed by atoms with van der Waals surface area (Å²) in [5.41, 5.74) is 10.3. The molecule has 0 saturated carbocycles. The normalized spacial score (nSPS) is 15.7. The first-order valence-corrected chi connectivity index (χ1v) is 29.4. The Kier molecular flexibility index (Phi) is 27.5. The predicted molar refractivity (Wildman–Crippen MR) is 331 cm³/mol. The van der Waals surface area contributed by atoms with Crippen LogP contribution in [-0.4, -0.2) is 197 Å². The molecule has 0 aliphatic carbocycles. The van der Waals surface area contributed by atoms with Crippen LogP contribution in [0.15, 0.2) is 97.6 Å². The first-order chi connectivity index (χ1) is 40.8. The highest BCUT2D eigenvalue weighted by Gasteiger charge is 2.31. The molecule has 0 unspecified atom stereocenters. The number of nitrogens with one attached hydrogen (secondary N) is 4. The molecule has 85 heavy (non-hydrogen) atoms. The highest BCUT2D eigenvalue weighted by Crippen LogP contribution is 2.41. The second-order valence-electron chi connectivity index (χ2n) is 20.2. The number of carbonyl (C=O) groups excluding carboxylic acids is 2. The smallest absolute Gasteiger partial charge is 0.252 e. The van der Waals surface area contributed by atoms with Crippen LogP contribution in [0.5, 0.6) is 0 Å². The summed E-state index contributed by atoms with van der Waals surface area (Å²) in [5, 5.41) is 34.5. The quantitative estimate of drug-likeness (QED) is 0.0221. The van der Waals surface area contributed by atoms with Crippen LogP contribution in [0.3, 0.4) is 0 Å². The largest absolute Gasteiger partial charge is 0.380 e. The number of nitrogens with zero attached hydrogens (tertiary/aromatic N) is 6. The van der Waals surface area contributed by atoms with Crippen molar-refractivity contribution >= 4 is 82.3 Å². The second-order valence-corrected chi connectivity index (χ2v) is 21.9. The molecule has 25 heteroatoms. The number of aliphatic hydroxyl groups is 2. The van der Waals surface area contributed by atoms with Crippen LogP contribution >= 0.6 is 58.8 Å². The first-order valence-electron chi connectivity index (χ1n) is 27.8. The number of halogens is 5. The van der Waals surface area contributed by atoms with E-state index in [1.165, 1.54) is 12.7 Å². The Balaban J connectivity index is 0.0000104. The summed E-state index contributed by atoms with van der Waals surface area (Å²) in [4.78, 5) is 47.1. The van der Waals surface area contributed by atoms with Gasteiger partial charge in [-0.1, -0.05) is 82.8 Å². The molecule has 458 valence electrons. The van der Waals surface area contributed by atoms with Gasteiger partial charge in [0.15, 0.2) is 12.2 Å². The lowest BCUT2D eigenvalue weighted by Crippen LogP contribution is -2.50. The molecular formula is C60H73Cl5N10O10. The third-order valence-electron chi connectivity index (χ3n) is 14.0. The van der Waals surface area contributed by atoms with Crippen LogP contribution in [0.1, 0.15) is 45.2 Å². The Morgan fingerprint density at radius 2 is 0.882 bits per heavy atom. The molecule has 2 aliphatic heterocycles. The van der Waals surface area contributed by atoms with Crippen LogP contribution < -0.4 is 21.3 Å². The molecule has 2 aliphatic rings. The highest BCUT2D eigenvalue weighted by molar-refractivity contribution is 6.35. The summed E-state index contributed by atoms with van der Waals surface area (Å²) < 4.78 is 33.5. The van der Waals surface area contributed by atoms with E-state index in [-0.39, 0.29) is 63.8 Å². The van der Waals surface area contributed by atoms with Crippen LogP contribution in [0.25, 0.3) is 22.5 Å². The van der Waals surface area contributed by atoms with Crippen molar-refractivity contribution in [3.05, 3.63) is 151 Å². The minimum absolute atomic E-state index is 0. The van der Waals surface area contributed by atoms with E-state index in [4.69, 9.17) is 74.8 Å². The molecule has 0 bridgehead atoms. The standard InChI is InChI=1S/C60H72Cl4N10O10.ClH/c1-73-33-47(45-27-43(61)29-51(63)49(45)35-73)39-5-3-7-41(25-39)53-31-55(71-37-69-53)65-9-13-79-17-21-83-23-19-81-15-11-67-59(77)57(75)58(76)60(78)68-12-16-82-20-24-84-22-18-80-14-10-66-56-32-54(70-38-72-56)42-8-4-6-40(26-42)48-34-74(2)36-50-46(48)28-44(62)30-52(50)64;/h3-8,25-32,37-38,47-48,57-58,75-76H,9-24,33-36H2,1-2H3,(H,67,77)(H,68,78)(H,65,69,71)(H,66,70,72);1H/t47-,48-,57+,58+;/m0./s1. The number of aromatic nitrogens is 4. The number of carbonyl (C=O) groups is 2. The van der Waals surface area contributed by atoms with Crippen LogP contribution in [0, 0.1) is 0 Å². The van der Waals surface area contributed by atoms with Crippen molar-refractivity contribution in [3.8, 4) is 22.5 Å². The van der Waals surface area contributed by atoms with Crippen molar-refractivity contribution < 1.29 is 48.2 Å². The molecule has 0 spiro atoms. The van der Waals surface area contributed by atoms with Crippen molar-refractivity contribution in [2.45, 2.75) is 37.1 Å². The summed E-state index contributed by atoms with van der Waals surface area (Å²) in [6.45, 7) is 8.05. The Bertz CT molecular complexity index is 2900. The van der Waals surface area contributed by atoms with E-state index in [2.05, 4.69) is 89.4 Å². The average Bonchev–Trinajstić information content (AvgIpc) is 3.69. The van der Waals surface area contributed by atoms with Gasteiger partial charge >= 0.3 is 0 Å². The number of amides is 2. The molecule has 4 aromatic carbocycles. The molecule has 6 aromatic rings. The van der Waals surface area contributed by atoms with E-state index in [9.17, 15) is 19.8 Å². The minimum Gasteiger partial charge on any atom is -0.380 e. The SMILES string of the molecule is CN1Cc2c(Cl)cc(Cl)cc2[C@H](c2cccc(-c3cc(NCCOCCOCCOCCNC(=O)[C@H](O)[C@@H](O)C(=O)NCCOCCOCCOCCNc4cc(-c5cccc([C@@H]6CN(C)Cc7c(Cl)cc(Cl)cc76)c5)ncn4)ncn3)c2)C1.Cl. The van der Waals surface area contributed by atoms with Gasteiger partial charge in [-0.3, -0.25) is 9.59 Å². The number of hydrogen-bond acceptors (Lipinski definition) is 18. The van der Waals surface area contributed by atoms with Gasteiger partial charge in [0.2, 0.25) is 0 Å². The number of benzene rings is 4. The Labute approximate surface area is 521 Å². The lowest BCUT2D eigenvalue weighted by Gasteiger charge is -2.33. The van der Waals surface area contributed by atoms with E-state index in [1.54, 1.807) is 12.1 Å². The van der Waals surface area contributed by atoms with E-state index in [0.717, 1.165) is 82.1 Å². The van der Waals surface area contributed by atoms with Gasteiger partial charge in [-0.2, -0.15) is 0 Å². The third-order valence-corrected chi connectivity index (χ3v) is 15.1. The monoisotopic (exact) mass is 1270 g/mol. The average molecular weight is 1270 g/mol.